The molecule has 1 aromatic carbocycles. The first-order chi connectivity index (χ1) is 12.9. The fourth-order valence-corrected chi connectivity index (χ4v) is 3.10. The van der Waals surface area contributed by atoms with Gasteiger partial charge in [-0.1, -0.05) is 71.6 Å². The summed E-state index contributed by atoms with van der Waals surface area (Å²) in [6.07, 6.45) is 12.7. The van der Waals surface area contributed by atoms with Crippen LogP contribution in [0.15, 0.2) is 12.1 Å². The van der Waals surface area contributed by atoms with Crippen molar-refractivity contribution in [2.45, 2.75) is 84.5 Å². The van der Waals surface area contributed by atoms with E-state index in [4.69, 9.17) is 4.74 Å². The number of carbonyl (C=O) groups excluding carboxylic acids is 1. The molecule has 0 aliphatic rings. The zero-order valence-electron chi connectivity index (χ0n) is 16.9. The van der Waals surface area contributed by atoms with Crippen molar-refractivity contribution >= 4 is 5.97 Å². The molecule has 1 aromatic rings. The molecular weight excluding hydrogens is 344 g/mol. The molecule has 3 N–H and O–H groups in total. The Bertz CT molecular complexity index is 533. The van der Waals surface area contributed by atoms with Gasteiger partial charge < -0.3 is 20.1 Å². The normalized spacial score (nSPS) is 12.1. The lowest BCUT2D eigenvalue weighted by Gasteiger charge is -2.12. The summed E-state index contributed by atoms with van der Waals surface area (Å²) in [6.45, 7) is 4.70. The van der Waals surface area contributed by atoms with E-state index in [9.17, 15) is 20.1 Å². The van der Waals surface area contributed by atoms with Gasteiger partial charge in [0.1, 0.15) is 0 Å². The van der Waals surface area contributed by atoms with Gasteiger partial charge >= 0.3 is 5.97 Å². The van der Waals surface area contributed by atoms with Crippen LogP contribution in [0.3, 0.4) is 0 Å². The van der Waals surface area contributed by atoms with Crippen LogP contribution < -0.4 is 0 Å². The Morgan fingerprint density at radius 3 is 2.00 bits per heavy atom. The van der Waals surface area contributed by atoms with Gasteiger partial charge in [-0.3, -0.25) is 4.79 Å². The van der Waals surface area contributed by atoms with Crippen LogP contribution in [0.1, 0.15) is 83.6 Å². The number of carbonyl (C=O) groups is 1. The standard InChI is InChI=1S/C22H36O5/c1-3-4-5-6-7-8-9-10-11-12-17(2)16-27-21(25)15-18-13-19(23)22(26)20(24)14-18/h13-14,17,23-24,26H,3-12,15-16H2,1-2H3. The van der Waals surface area contributed by atoms with Gasteiger partial charge in [0.2, 0.25) is 0 Å². The summed E-state index contributed by atoms with van der Waals surface area (Å²) in [4.78, 5) is 11.9. The minimum atomic E-state index is -0.582. The van der Waals surface area contributed by atoms with Gasteiger partial charge in [-0.25, -0.2) is 0 Å². The minimum Gasteiger partial charge on any atom is -0.504 e. The van der Waals surface area contributed by atoms with E-state index in [2.05, 4.69) is 13.8 Å². The van der Waals surface area contributed by atoms with Gasteiger partial charge in [-0.05, 0) is 30.0 Å². The molecule has 0 amide bonds. The highest BCUT2D eigenvalue weighted by atomic mass is 16.5. The van der Waals surface area contributed by atoms with Crippen molar-refractivity contribution in [2.24, 2.45) is 5.92 Å². The number of hydrogen-bond donors (Lipinski definition) is 3. The molecule has 0 aliphatic carbocycles. The second-order valence-corrected chi connectivity index (χ2v) is 7.56. The number of unbranched alkanes of at least 4 members (excludes halogenated alkanes) is 8. The van der Waals surface area contributed by atoms with Crippen molar-refractivity contribution in [3.05, 3.63) is 17.7 Å². The van der Waals surface area contributed by atoms with E-state index < -0.39 is 23.2 Å². The van der Waals surface area contributed by atoms with Crippen LogP contribution in [-0.4, -0.2) is 27.9 Å². The fraction of sp³-hybridized carbons (Fsp3) is 0.682. The zero-order valence-corrected chi connectivity index (χ0v) is 16.9. The molecule has 0 spiro atoms. The summed E-state index contributed by atoms with van der Waals surface area (Å²) in [5, 5.41) is 28.2. The van der Waals surface area contributed by atoms with Gasteiger partial charge in [0.25, 0.3) is 0 Å². The summed E-state index contributed by atoms with van der Waals surface area (Å²) >= 11 is 0. The highest BCUT2D eigenvalue weighted by molar-refractivity contribution is 5.73. The molecule has 0 heterocycles. The fourth-order valence-electron chi connectivity index (χ4n) is 3.10. The zero-order chi connectivity index (χ0) is 20.1. The first-order valence-electron chi connectivity index (χ1n) is 10.3. The molecule has 0 radical (unpaired) electrons. The van der Waals surface area contributed by atoms with E-state index >= 15 is 0 Å². The largest absolute Gasteiger partial charge is 0.504 e. The summed E-state index contributed by atoms with van der Waals surface area (Å²) in [7, 11) is 0. The molecular formula is C22H36O5. The van der Waals surface area contributed by atoms with Crippen LogP contribution in [-0.2, 0) is 16.0 Å². The van der Waals surface area contributed by atoms with Crippen LogP contribution >= 0.6 is 0 Å². The molecule has 154 valence electrons. The molecule has 1 unspecified atom stereocenters. The lowest BCUT2D eigenvalue weighted by Crippen LogP contribution is -2.14. The molecule has 0 aromatic heterocycles. The van der Waals surface area contributed by atoms with Gasteiger partial charge in [0.15, 0.2) is 17.2 Å². The molecule has 0 fully saturated rings. The molecule has 0 bridgehead atoms. The van der Waals surface area contributed by atoms with Gasteiger partial charge in [-0.15, -0.1) is 0 Å². The van der Waals surface area contributed by atoms with Crippen LogP contribution in [0.4, 0.5) is 0 Å². The number of benzene rings is 1. The molecule has 0 saturated carbocycles. The van der Waals surface area contributed by atoms with Crippen molar-refractivity contribution in [1.82, 2.24) is 0 Å². The number of hydrogen-bond acceptors (Lipinski definition) is 5. The van der Waals surface area contributed by atoms with E-state index in [0.717, 1.165) is 12.8 Å². The number of phenols is 3. The van der Waals surface area contributed by atoms with E-state index in [0.29, 0.717) is 18.1 Å². The Labute approximate surface area is 163 Å². The van der Waals surface area contributed by atoms with E-state index in [1.54, 1.807) is 0 Å². The average molecular weight is 381 g/mol. The van der Waals surface area contributed by atoms with Crippen LogP contribution in [0, 0.1) is 5.92 Å². The first-order valence-corrected chi connectivity index (χ1v) is 10.3. The highest BCUT2D eigenvalue weighted by Crippen LogP contribution is 2.35. The Hall–Kier alpha value is -1.91. The maximum absolute atomic E-state index is 11.9. The van der Waals surface area contributed by atoms with E-state index in [1.165, 1.54) is 63.5 Å². The summed E-state index contributed by atoms with van der Waals surface area (Å²) in [5.41, 5.74) is 0.402. The molecule has 1 rings (SSSR count). The van der Waals surface area contributed by atoms with E-state index in [1.807, 2.05) is 0 Å². The Morgan fingerprint density at radius 2 is 1.44 bits per heavy atom. The number of rotatable bonds is 14. The van der Waals surface area contributed by atoms with Gasteiger partial charge in [0.05, 0.1) is 13.0 Å². The lowest BCUT2D eigenvalue weighted by molar-refractivity contribution is -0.144. The second kappa shape index (κ2) is 13.3. The third kappa shape index (κ3) is 10.1. The molecule has 5 heteroatoms. The van der Waals surface area contributed by atoms with Crippen molar-refractivity contribution in [3.8, 4) is 17.2 Å². The minimum absolute atomic E-state index is 0.0495. The monoisotopic (exact) mass is 380 g/mol. The molecule has 1 atom stereocenters. The number of esters is 1. The predicted octanol–water partition coefficient (Wildman–Crippen LogP) is 5.45. The lowest BCUT2D eigenvalue weighted by atomic mass is 10.0. The average Bonchev–Trinajstić information content (AvgIpc) is 2.63. The molecule has 0 aliphatic heterocycles. The number of aromatic hydroxyl groups is 3. The van der Waals surface area contributed by atoms with Gasteiger partial charge in [-0.2, -0.15) is 0 Å². The van der Waals surface area contributed by atoms with Crippen molar-refractivity contribution in [2.75, 3.05) is 6.61 Å². The predicted molar refractivity (Wildman–Crippen MR) is 107 cm³/mol. The topological polar surface area (TPSA) is 87.0 Å². The van der Waals surface area contributed by atoms with E-state index in [-0.39, 0.29) is 6.42 Å². The quantitative estimate of drug-likeness (QED) is 0.227. The number of ether oxygens (including phenoxy) is 1. The Kier molecular flexibility index (Phi) is 11.4. The summed E-state index contributed by atoms with van der Waals surface area (Å²) in [6, 6.07) is 2.50. The molecule has 27 heavy (non-hydrogen) atoms. The second-order valence-electron chi connectivity index (χ2n) is 7.56. The maximum Gasteiger partial charge on any atom is 0.310 e. The van der Waals surface area contributed by atoms with Crippen LogP contribution in [0.2, 0.25) is 0 Å². The summed E-state index contributed by atoms with van der Waals surface area (Å²) in [5.74, 6) is -1.56. The summed E-state index contributed by atoms with van der Waals surface area (Å²) < 4.78 is 5.29. The van der Waals surface area contributed by atoms with Crippen LogP contribution in [0.25, 0.3) is 0 Å². The first kappa shape index (κ1) is 23.1. The Morgan fingerprint density at radius 1 is 0.926 bits per heavy atom. The molecule has 5 nitrogen and oxygen atoms in total. The maximum atomic E-state index is 11.9. The third-order valence-electron chi connectivity index (χ3n) is 4.81. The molecule has 0 saturated heterocycles. The van der Waals surface area contributed by atoms with Crippen molar-refractivity contribution < 1.29 is 24.9 Å². The Balaban J connectivity index is 2.10. The van der Waals surface area contributed by atoms with Gasteiger partial charge in [0, 0.05) is 0 Å². The SMILES string of the molecule is CCCCCCCCCCCC(C)COC(=O)Cc1cc(O)c(O)c(O)c1. The van der Waals surface area contributed by atoms with Crippen molar-refractivity contribution in [1.29, 1.82) is 0 Å². The number of phenolic OH excluding ortho intramolecular Hbond substituents is 3. The van der Waals surface area contributed by atoms with Crippen molar-refractivity contribution in [3.63, 3.8) is 0 Å². The van der Waals surface area contributed by atoms with Crippen LogP contribution in [0.5, 0.6) is 17.2 Å². The third-order valence-corrected chi connectivity index (χ3v) is 4.81. The highest BCUT2D eigenvalue weighted by Gasteiger charge is 2.13. The smallest absolute Gasteiger partial charge is 0.310 e.